The SMILES string of the molecule is COC(=O)[C@]1(C(C)=O)NC(C)=C(c2ccccc2)C(C(=O)O)=C1C. The van der Waals surface area contributed by atoms with Crippen LogP contribution in [0.1, 0.15) is 26.3 Å². The molecular weight excluding hydrogens is 310 g/mol. The van der Waals surface area contributed by atoms with Crippen molar-refractivity contribution in [1.29, 1.82) is 0 Å². The Bertz CT molecular complexity index is 776. The number of dihydropyridines is 1. The molecule has 0 amide bonds. The van der Waals surface area contributed by atoms with Crippen molar-refractivity contribution in [2.75, 3.05) is 7.11 Å². The van der Waals surface area contributed by atoms with Crippen LogP contribution in [0.3, 0.4) is 0 Å². The predicted molar refractivity (Wildman–Crippen MR) is 87.9 cm³/mol. The van der Waals surface area contributed by atoms with Crippen LogP contribution in [0.25, 0.3) is 5.57 Å². The normalized spacial score (nSPS) is 20.5. The lowest BCUT2D eigenvalue weighted by Gasteiger charge is -2.37. The molecule has 6 nitrogen and oxygen atoms in total. The van der Waals surface area contributed by atoms with E-state index in [0.29, 0.717) is 16.8 Å². The molecule has 2 N–H and O–H groups in total. The molecule has 1 aliphatic heterocycles. The van der Waals surface area contributed by atoms with Crippen LogP contribution in [0, 0.1) is 0 Å². The molecule has 0 saturated heterocycles. The minimum Gasteiger partial charge on any atom is -0.478 e. The van der Waals surface area contributed by atoms with E-state index in [2.05, 4.69) is 5.32 Å². The fourth-order valence-electron chi connectivity index (χ4n) is 3.09. The molecule has 0 fully saturated rings. The Hall–Kier alpha value is -2.89. The molecule has 6 heteroatoms. The Morgan fingerprint density at radius 1 is 1.12 bits per heavy atom. The van der Waals surface area contributed by atoms with Crippen LogP contribution < -0.4 is 5.32 Å². The minimum absolute atomic E-state index is 0.0712. The number of rotatable bonds is 4. The number of hydrogen-bond acceptors (Lipinski definition) is 5. The Morgan fingerprint density at radius 2 is 1.71 bits per heavy atom. The molecule has 1 aromatic carbocycles. The number of methoxy groups -OCH3 is 1. The van der Waals surface area contributed by atoms with Gasteiger partial charge in [0.2, 0.25) is 5.54 Å². The number of ketones is 1. The largest absolute Gasteiger partial charge is 0.478 e. The van der Waals surface area contributed by atoms with Crippen molar-refractivity contribution >= 4 is 23.3 Å². The Labute approximate surface area is 139 Å². The van der Waals surface area contributed by atoms with Crippen molar-refractivity contribution in [2.24, 2.45) is 0 Å². The topological polar surface area (TPSA) is 92.7 Å². The molecule has 0 saturated carbocycles. The predicted octanol–water partition coefficient (Wildman–Crippen LogP) is 1.92. The molecule has 1 aliphatic rings. The molecule has 0 spiro atoms. The summed E-state index contributed by atoms with van der Waals surface area (Å²) in [5.41, 5.74) is -0.241. The molecule has 126 valence electrons. The molecule has 0 radical (unpaired) electrons. The first-order valence-corrected chi connectivity index (χ1v) is 7.36. The lowest BCUT2D eigenvalue weighted by atomic mass is 9.77. The molecule has 0 unspecified atom stereocenters. The number of carbonyl (C=O) groups excluding carboxylic acids is 2. The molecule has 24 heavy (non-hydrogen) atoms. The maximum absolute atomic E-state index is 12.3. The van der Waals surface area contributed by atoms with E-state index in [1.807, 2.05) is 6.07 Å². The summed E-state index contributed by atoms with van der Waals surface area (Å²) in [6.45, 7) is 4.33. The molecular formula is C18H19NO5. The highest BCUT2D eigenvalue weighted by Gasteiger charge is 2.51. The third-order valence-electron chi connectivity index (χ3n) is 4.23. The van der Waals surface area contributed by atoms with E-state index in [4.69, 9.17) is 4.74 Å². The van der Waals surface area contributed by atoms with E-state index >= 15 is 0 Å². The highest BCUT2D eigenvalue weighted by molar-refractivity contribution is 6.17. The Kier molecular flexibility index (Phi) is 4.59. The van der Waals surface area contributed by atoms with Gasteiger partial charge in [-0.3, -0.25) is 4.79 Å². The average molecular weight is 329 g/mol. The maximum atomic E-state index is 12.3. The van der Waals surface area contributed by atoms with E-state index < -0.39 is 23.3 Å². The van der Waals surface area contributed by atoms with Gasteiger partial charge in [-0.05, 0) is 31.9 Å². The van der Waals surface area contributed by atoms with Crippen molar-refractivity contribution < 1.29 is 24.2 Å². The van der Waals surface area contributed by atoms with Gasteiger partial charge in [-0.25, -0.2) is 9.59 Å². The van der Waals surface area contributed by atoms with Crippen LogP contribution in [0.2, 0.25) is 0 Å². The van der Waals surface area contributed by atoms with E-state index in [-0.39, 0.29) is 11.1 Å². The second-order valence-corrected chi connectivity index (χ2v) is 5.59. The maximum Gasteiger partial charge on any atom is 0.343 e. The monoisotopic (exact) mass is 329 g/mol. The number of nitrogens with one attached hydrogen (secondary N) is 1. The smallest absolute Gasteiger partial charge is 0.343 e. The summed E-state index contributed by atoms with van der Waals surface area (Å²) in [5, 5.41) is 12.6. The zero-order valence-corrected chi connectivity index (χ0v) is 14.0. The van der Waals surface area contributed by atoms with E-state index in [1.165, 1.54) is 13.8 Å². The van der Waals surface area contributed by atoms with Gasteiger partial charge < -0.3 is 15.2 Å². The van der Waals surface area contributed by atoms with Crippen LogP contribution in [-0.2, 0) is 19.1 Å². The summed E-state index contributed by atoms with van der Waals surface area (Å²) in [4.78, 5) is 36.5. The van der Waals surface area contributed by atoms with Crippen LogP contribution in [0.5, 0.6) is 0 Å². The molecule has 2 rings (SSSR count). The van der Waals surface area contributed by atoms with E-state index in [9.17, 15) is 19.5 Å². The van der Waals surface area contributed by atoms with Crippen LogP contribution in [-0.4, -0.2) is 35.5 Å². The zero-order chi connectivity index (χ0) is 18.1. The number of carboxylic acid groups (broad SMARTS) is 1. The van der Waals surface area contributed by atoms with Crippen LogP contribution in [0.15, 0.2) is 47.2 Å². The number of Topliss-reactive ketones (excluding diaryl/α,β-unsaturated/α-hetero) is 1. The van der Waals surface area contributed by atoms with Crippen LogP contribution >= 0.6 is 0 Å². The van der Waals surface area contributed by atoms with E-state index in [0.717, 1.165) is 7.11 Å². The number of carbonyl (C=O) groups is 3. The van der Waals surface area contributed by atoms with Crippen molar-refractivity contribution in [3.8, 4) is 0 Å². The summed E-state index contributed by atoms with van der Waals surface area (Å²) < 4.78 is 4.77. The first-order chi connectivity index (χ1) is 11.3. The van der Waals surface area contributed by atoms with Crippen molar-refractivity contribution in [2.45, 2.75) is 26.3 Å². The quantitative estimate of drug-likeness (QED) is 0.648. The van der Waals surface area contributed by atoms with Crippen molar-refractivity contribution in [3.05, 3.63) is 52.7 Å². The highest BCUT2D eigenvalue weighted by atomic mass is 16.5. The third-order valence-corrected chi connectivity index (χ3v) is 4.23. The van der Waals surface area contributed by atoms with E-state index in [1.54, 1.807) is 31.2 Å². The first-order valence-electron chi connectivity index (χ1n) is 7.36. The van der Waals surface area contributed by atoms with Gasteiger partial charge in [0.25, 0.3) is 0 Å². The van der Waals surface area contributed by atoms with Gasteiger partial charge in [-0.1, -0.05) is 30.3 Å². The summed E-state index contributed by atoms with van der Waals surface area (Å²) in [7, 11) is 1.16. The zero-order valence-electron chi connectivity index (χ0n) is 14.0. The standard InChI is InChI=1S/C18H19NO5/c1-10-14(16(21)22)15(13-8-6-5-7-9-13)11(2)19-18(10,12(3)20)17(23)24-4/h5-9,19H,1-4H3,(H,21,22)/t18-/m0/s1. The summed E-state index contributed by atoms with van der Waals surface area (Å²) in [5.74, 6) is -2.57. The van der Waals surface area contributed by atoms with Crippen LogP contribution in [0.4, 0.5) is 0 Å². The lowest BCUT2D eigenvalue weighted by Crippen LogP contribution is -2.60. The Balaban J connectivity index is 2.81. The number of hydrogen-bond donors (Lipinski definition) is 2. The van der Waals surface area contributed by atoms with Crippen molar-refractivity contribution in [1.82, 2.24) is 5.32 Å². The second kappa shape index (κ2) is 6.31. The van der Waals surface area contributed by atoms with Gasteiger partial charge in [-0.2, -0.15) is 0 Å². The Morgan fingerprint density at radius 3 is 2.17 bits per heavy atom. The number of benzene rings is 1. The number of aliphatic carboxylic acids is 1. The fourth-order valence-corrected chi connectivity index (χ4v) is 3.09. The fraction of sp³-hybridized carbons (Fsp3) is 0.278. The minimum atomic E-state index is -1.83. The van der Waals surface area contributed by atoms with Gasteiger partial charge in [0.15, 0.2) is 5.78 Å². The summed E-state index contributed by atoms with van der Waals surface area (Å²) in [6.07, 6.45) is 0. The highest BCUT2D eigenvalue weighted by Crippen LogP contribution is 2.38. The van der Waals surface area contributed by atoms with Gasteiger partial charge in [0.1, 0.15) is 0 Å². The molecule has 1 atom stereocenters. The van der Waals surface area contributed by atoms with Crippen molar-refractivity contribution in [3.63, 3.8) is 0 Å². The first kappa shape index (κ1) is 17.5. The van der Waals surface area contributed by atoms with Gasteiger partial charge in [0.05, 0.1) is 12.7 Å². The number of ether oxygens (including phenoxy) is 1. The lowest BCUT2D eigenvalue weighted by molar-refractivity contribution is -0.150. The molecule has 1 aromatic rings. The van der Waals surface area contributed by atoms with Gasteiger partial charge >= 0.3 is 11.9 Å². The number of allylic oxidation sites excluding steroid dienone is 1. The average Bonchev–Trinajstić information content (AvgIpc) is 2.55. The number of esters is 1. The van der Waals surface area contributed by atoms with Gasteiger partial charge in [-0.15, -0.1) is 0 Å². The number of carboxylic acids is 1. The third kappa shape index (κ3) is 2.50. The summed E-state index contributed by atoms with van der Waals surface area (Å²) >= 11 is 0. The second-order valence-electron chi connectivity index (χ2n) is 5.59. The molecule has 0 aliphatic carbocycles. The van der Waals surface area contributed by atoms with Gasteiger partial charge in [0, 0.05) is 11.3 Å². The molecule has 1 heterocycles. The molecule has 0 bridgehead atoms. The summed E-state index contributed by atoms with van der Waals surface area (Å²) in [6, 6.07) is 8.95. The molecule has 0 aromatic heterocycles.